The van der Waals surface area contributed by atoms with Gasteiger partial charge in [-0.25, -0.2) is 9.59 Å². The molecule has 1 aliphatic carbocycles. The first-order valence-corrected chi connectivity index (χ1v) is 18.0. The molecule has 0 aromatic carbocycles. The molecule has 0 unspecified atom stereocenters. The number of nitrogens with two attached hydrogens (primary N) is 2. The Morgan fingerprint density at radius 3 is 1.67 bits per heavy atom. The highest BCUT2D eigenvalue weighted by atomic mass is 16.4. The number of carbonyl (C=O) groups is 5. The van der Waals surface area contributed by atoms with E-state index in [2.05, 4.69) is 16.0 Å². The molecule has 3 aliphatic rings. The molecule has 0 atom stereocenters. The van der Waals surface area contributed by atoms with Gasteiger partial charge in [-0.05, 0) is 77.3 Å². The number of hydrogen-bond donors (Lipinski definition) is 9. The van der Waals surface area contributed by atoms with Gasteiger partial charge in [-0.3, -0.25) is 25.0 Å². The standard InChI is InChI=1S/C16H30N2O4.C12H22N2O4.C6H11NO/c17-16(18,14(21)22)15(11-7-3-4-8-12-15)10-6-2-1-5-9-13(19)20;15-10(16)6-5-7-12(11(17)18)13-8-3-1-2-4-9-14-12;8-6-4-2-1-3-5-7-6/h1-12,17-18H2,(H,19,20)(H,21,22);13-14H,1-9H2,(H,15,16)(H,17,18);1-5H2,(H,7,8). The highest BCUT2D eigenvalue weighted by Gasteiger charge is 2.50. The van der Waals surface area contributed by atoms with Gasteiger partial charge in [-0.15, -0.1) is 0 Å². The van der Waals surface area contributed by atoms with Crippen LogP contribution in [-0.4, -0.2) is 81.2 Å². The Labute approximate surface area is 285 Å². The molecule has 1 amide bonds. The van der Waals surface area contributed by atoms with E-state index in [1.807, 2.05) is 0 Å². The van der Waals surface area contributed by atoms with Crippen LogP contribution in [0.2, 0.25) is 0 Å². The quantitative estimate of drug-likeness (QED) is 0.0715. The van der Waals surface area contributed by atoms with Crippen molar-refractivity contribution in [2.45, 2.75) is 159 Å². The van der Waals surface area contributed by atoms with Gasteiger partial charge in [0, 0.05) is 31.2 Å². The number of carbonyl (C=O) groups excluding carboxylic acids is 1. The van der Waals surface area contributed by atoms with Gasteiger partial charge in [0.2, 0.25) is 5.91 Å². The zero-order chi connectivity index (χ0) is 35.9. The number of rotatable bonds is 14. The number of carboxylic acids is 4. The van der Waals surface area contributed by atoms with Gasteiger partial charge in [-0.1, -0.05) is 64.2 Å². The maximum absolute atomic E-state index is 11.5. The van der Waals surface area contributed by atoms with Crippen LogP contribution in [0.15, 0.2) is 0 Å². The lowest BCUT2D eigenvalue weighted by Crippen LogP contribution is -2.67. The minimum absolute atomic E-state index is 0.00160. The zero-order valence-electron chi connectivity index (χ0n) is 28.9. The van der Waals surface area contributed by atoms with Crippen molar-refractivity contribution in [1.82, 2.24) is 16.0 Å². The number of hydrogen-bond acceptors (Lipinski definition) is 9. The maximum Gasteiger partial charge on any atom is 0.339 e. The Hall–Kier alpha value is -2.81. The normalized spacial score (nSPS) is 19.8. The summed E-state index contributed by atoms with van der Waals surface area (Å²) in [4.78, 5) is 54.5. The van der Waals surface area contributed by atoms with Crippen LogP contribution in [0.4, 0.5) is 0 Å². The van der Waals surface area contributed by atoms with Crippen LogP contribution in [0.1, 0.15) is 148 Å². The molecule has 2 heterocycles. The second-order valence-electron chi connectivity index (χ2n) is 13.6. The molecule has 11 N–H and O–H groups in total. The molecular formula is C34H63N5O9. The second-order valence-corrected chi connectivity index (χ2v) is 13.6. The lowest BCUT2D eigenvalue weighted by Gasteiger charge is -2.43. The smallest absolute Gasteiger partial charge is 0.339 e. The van der Waals surface area contributed by atoms with Crippen molar-refractivity contribution in [3.05, 3.63) is 0 Å². The van der Waals surface area contributed by atoms with Crippen LogP contribution in [0.3, 0.4) is 0 Å². The number of carboxylic acid groups (broad SMARTS) is 4. The van der Waals surface area contributed by atoms with Crippen molar-refractivity contribution in [3.63, 3.8) is 0 Å². The summed E-state index contributed by atoms with van der Waals surface area (Å²) in [6.07, 6.45) is 18.8. The topological polar surface area (TPSA) is 254 Å². The van der Waals surface area contributed by atoms with E-state index in [0.29, 0.717) is 32.4 Å². The van der Waals surface area contributed by atoms with Crippen molar-refractivity contribution in [2.75, 3.05) is 19.6 Å². The summed E-state index contributed by atoms with van der Waals surface area (Å²) in [5, 5.41) is 45.0. The Balaban J connectivity index is 0.000000395. The summed E-state index contributed by atoms with van der Waals surface area (Å²) < 4.78 is 0. The van der Waals surface area contributed by atoms with Crippen LogP contribution >= 0.6 is 0 Å². The van der Waals surface area contributed by atoms with Crippen molar-refractivity contribution in [3.8, 4) is 0 Å². The van der Waals surface area contributed by atoms with Crippen LogP contribution in [0.5, 0.6) is 0 Å². The molecule has 0 radical (unpaired) electrons. The molecule has 2 saturated heterocycles. The SMILES string of the molecule is NC(N)(C(=O)O)C1(CCCCCCC(=O)O)CCCCCC1.O=C(O)CCCC1(C(=O)O)NCCCCCCN1.O=C1CCCCCN1. The van der Waals surface area contributed by atoms with E-state index in [0.717, 1.165) is 109 Å². The van der Waals surface area contributed by atoms with Crippen molar-refractivity contribution >= 4 is 29.8 Å². The van der Waals surface area contributed by atoms with Gasteiger partial charge in [-0.2, -0.15) is 0 Å². The summed E-state index contributed by atoms with van der Waals surface area (Å²) in [5.41, 5.74) is 8.65. The highest BCUT2D eigenvalue weighted by molar-refractivity contribution is 5.79. The van der Waals surface area contributed by atoms with Crippen LogP contribution < -0.4 is 27.4 Å². The average molecular weight is 686 g/mol. The molecule has 14 heteroatoms. The molecule has 2 aliphatic heterocycles. The van der Waals surface area contributed by atoms with Gasteiger partial charge in [0.05, 0.1) is 0 Å². The maximum atomic E-state index is 11.5. The zero-order valence-corrected chi connectivity index (χ0v) is 28.9. The van der Waals surface area contributed by atoms with E-state index in [1.54, 1.807) is 0 Å². The Kier molecular flexibility index (Phi) is 21.2. The molecule has 14 nitrogen and oxygen atoms in total. The number of unbranched alkanes of at least 4 members (excludes halogenated alkanes) is 3. The summed E-state index contributed by atoms with van der Waals surface area (Å²) in [5.74, 6) is -3.51. The average Bonchev–Trinajstić information content (AvgIpc) is 3.37. The molecular weight excluding hydrogens is 622 g/mol. The minimum Gasteiger partial charge on any atom is -0.481 e. The first-order valence-electron chi connectivity index (χ1n) is 18.0. The predicted octanol–water partition coefficient (Wildman–Crippen LogP) is 3.90. The molecule has 48 heavy (non-hydrogen) atoms. The minimum atomic E-state index is -1.68. The van der Waals surface area contributed by atoms with Gasteiger partial charge in [0.25, 0.3) is 0 Å². The number of amides is 1. The first kappa shape index (κ1) is 43.2. The van der Waals surface area contributed by atoms with E-state index in [-0.39, 0.29) is 25.2 Å². The van der Waals surface area contributed by atoms with E-state index >= 15 is 0 Å². The molecule has 3 rings (SSSR count). The monoisotopic (exact) mass is 685 g/mol. The molecule has 3 fully saturated rings. The summed E-state index contributed by atoms with van der Waals surface area (Å²) >= 11 is 0. The third-order valence-electron chi connectivity index (χ3n) is 9.76. The molecule has 0 bridgehead atoms. The van der Waals surface area contributed by atoms with E-state index in [4.69, 9.17) is 21.7 Å². The first-order chi connectivity index (χ1) is 22.8. The largest absolute Gasteiger partial charge is 0.481 e. The van der Waals surface area contributed by atoms with Crippen molar-refractivity contribution in [1.29, 1.82) is 0 Å². The van der Waals surface area contributed by atoms with Gasteiger partial charge < -0.3 is 37.2 Å². The third-order valence-corrected chi connectivity index (χ3v) is 9.76. The fourth-order valence-electron chi connectivity index (χ4n) is 6.71. The molecule has 0 spiro atoms. The molecule has 0 aromatic rings. The fourth-order valence-corrected chi connectivity index (χ4v) is 6.71. The molecule has 278 valence electrons. The van der Waals surface area contributed by atoms with Crippen molar-refractivity contribution in [2.24, 2.45) is 16.9 Å². The van der Waals surface area contributed by atoms with E-state index < -0.39 is 40.6 Å². The predicted molar refractivity (Wildman–Crippen MR) is 182 cm³/mol. The van der Waals surface area contributed by atoms with Gasteiger partial charge in [0.1, 0.15) is 0 Å². The Bertz CT molecular complexity index is 964. The lowest BCUT2D eigenvalue weighted by molar-refractivity contribution is -0.150. The molecule has 1 saturated carbocycles. The van der Waals surface area contributed by atoms with Gasteiger partial charge >= 0.3 is 23.9 Å². The van der Waals surface area contributed by atoms with E-state index in [1.165, 1.54) is 6.42 Å². The van der Waals surface area contributed by atoms with Crippen LogP contribution in [0, 0.1) is 5.41 Å². The third kappa shape index (κ3) is 16.5. The summed E-state index contributed by atoms with van der Waals surface area (Å²) in [6, 6.07) is 0. The Morgan fingerprint density at radius 2 is 1.12 bits per heavy atom. The summed E-state index contributed by atoms with van der Waals surface area (Å²) in [6.45, 7) is 2.18. The summed E-state index contributed by atoms with van der Waals surface area (Å²) in [7, 11) is 0. The van der Waals surface area contributed by atoms with Crippen LogP contribution in [-0.2, 0) is 24.0 Å². The molecule has 0 aromatic heterocycles. The van der Waals surface area contributed by atoms with Crippen molar-refractivity contribution < 1.29 is 44.4 Å². The van der Waals surface area contributed by atoms with Crippen LogP contribution in [0.25, 0.3) is 0 Å². The highest BCUT2D eigenvalue weighted by Crippen LogP contribution is 2.45. The second kappa shape index (κ2) is 23.5. The number of aliphatic carboxylic acids is 4. The fraction of sp³-hybridized carbons (Fsp3) is 0.853. The van der Waals surface area contributed by atoms with E-state index in [9.17, 15) is 34.2 Å². The Morgan fingerprint density at radius 1 is 0.625 bits per heavy atom. The lowest BCUT2D eigenvalue weighted by atomic mass is 9.67. The van der Waals surface area contributed by atoms with Gasteiger partial charge in [0.15, 0.2) is 11.3 Å². The number of nitrogens with one attached hydrogen (secondary N) is 3.